The van der Waals surface area contributed by atoms with E-state index in [0.29, 0.717) is 10.8 Å². The van der Waals surface area contributed by atoms with Crippen LogP contribution >= 0.6 is 11.6 Å². The number of para-hydroxylation sites is 1. The molecule has 0 aliphatic carbocycles. The van der Waals surface area contributed by atoms with Gasteiger partial charge in [-0.25, -0.2) is 0 Å². The van der Waals surface area contributed by atoms with Crippen LogP contribution < -0.4 is 10.1 Å². The third-order valence-corrected chi connectivity index (χ3v) is 2.39. The first-order valence-electron chi connectivity index (χ1n) is 5.37. The van der Waals surface area contributed by atoms with E-state index in [0.717, 1.165) is 0 Å². The third-order valence-electron chi connectivity index (χ3n) is 2.08. The molecule has 1 aromatic carbocycles. The topological polar surface area (TPSA) is 58.6 Å². The summed E-state index contributed by atoms with van der Waals surface area (Å²) in [4.78, 5) is 11.6. The zero-order valence-electron chi connectivity index (χ0n) is 9.81. The molecule has 0 aliphatic rings. The molecule has 0 fully saturated rings. The van der Waals surface area contributed by atoms with Gasteiger partial charge in [0.15, 0.2) is 6.10 Å². The van der Waals surface area contributed by atoms with E-state index in [1.54, 1.807) is 38.1 Å². The molecule has 1 aromatic rings. The lowest BCUT2D eigenvalue weighted by Gasteiger charge is -2.16. The first kappa shape index (κ1) is 13.8. The molecule has 0 spiro atoms. The van der Waals surface area contributed by atoms with Gasteiger partial charge in [0.25, 0.3) is 5.91 Å². The van der Waals surface area contributed by atoms with Gasteiger partial charge in [0.2, 0.25) is 0 Å². The summed E-state index contributed by atoms with van der Waals surface area (Å²) in [5, 5.41) is 12.1. The number of halogens is 1. The fourth-order valence-electron chi connectivity index (χ4n) is 1.18. The van der Waals surface area contributed by atoms with Gasteiger partial charge in [-0.15, -0.1) is 0 Å². The largest absolute Gasteiger partial charge is 0.479 e. The molecule has 0 aromatic heterocycles. The van der Waals surface area contributed by atoms with Crippen molar-refractivity contribution in [1.82, 2.24) is 5.32 Å². The van der Waals surface area contributed by atoms with E-state index in [4.69, 9.17) is 21.4 Å². The van der Waals surface area contributed by atoms with Crippen molar-refractivity contribution in [3.8, 4) is 5.75 Å². The molecule has 0 saturated carbocycles. The summed E-state index contributed by atoms with van der Waals surface area (Å²) in [6.07, 6.45) is -1.24. The van der Waals surface area contributed by atoms with Crippen molar-refractivity contribution in [2.75, 3.05) is 6.54 Å². The molecule has 0 saturated heterocycles. The van der Waals surface area contributed by atoms with Crippen molar-refractivity contribution in [3.05, 3.63) is 29.3 Å². The minimum absolute atomic E-state index is 0.203. The summed E-state index contributed by atoms with van der Waals surface area (Å²) in [6.45, 7) is 3.43. The molecular formula is C12H16ClNO3. The number of amides is 1. The van der Waals surface area contributed by atoms with Gasteiger partial charge in [0, 0.05) is 6.54 Å². The molecule has 4 nitrogen and oxygen atoms in total. The van der Waals surface area contributed by atoms with E-state index in [9.17, 15) is 4.79 Å². The Kier molecular flexibility index (Phi) is 5.25. The van der Waals surface area contributed by atoms with Gasteiger partial charge in [0.05, 0.1) is 11.1 Å². The number of hydrogen-bond acceptors (Lipinski definition) is 3. The fourth-order valence-corrected chi connectivity index (χ4v) is 1.36. The highest BCUT2D eigenvalue weighted by atomic mass is 35.5. The number of carbonyl (C=O) groups excluding carboxylic acids is 1. The number of aliphatic hydroxyl groups is 1. The van der Waals surface area contributed by atoms with Gasteiger partial charge in [0.1, 0.15) is 5.75 Å². The predicted octanol–water partition coefficient (Wildman–Crippen LogP) is 1.60. The number of ether oxygens (including phenoxy) is 1. The Bertz CT molecular complexity index is 382. The van der Waals surface area contributed by atoms with E-state index in [1.165, 1.54) is 0 Å². The van der Waals surface area contributed by atoms with E-state index < -0.39 is 12.2 Å². The number of rotatable bonds is 5. The molecule has 0 bridgehead atoms. The summed E-state index contributed by atoms with van der Waals surface area (Å²) in [7, 11) is 0. The molecule has 0 radical (unpaired) electrons. The van der Waals surface area contributed by atoms with Crippen LogP contribution in [0.5, 0.6) is 5.75 Å². The molecule has 5 heteroatoms. The molecule has 1 rings (SSSR count). The molecule has 1 amide bonds. The summed E-state index contributed by atoms with van der Waals surface area (Å²) < 4.78 is 5.41. The van der Waals surface area contributed by atoms with Crippen LogP contribution in [-0.2, 0) is 4.79 Å². The van der Waals surface area contributed by atoms with Crippen molar-refractivity contribution in [3.63, 3.8) is 0 Å². The Morgan fingerprint density at radius 3 is 2.71 bits per heavy atom. The SMILES string of the molecule is CC(Oc1ccccc1Cl)C(=O)NC[C@@H](C)O. The molecule has 2 N–H and O–H groups in total. The highest BCUT2D eigenvalue weighted by Crippen LogP contribution is 2.24. The van der Waals surface area contributed by atoms with Gasteiger partial charge in [-0.3, -0.25) is 4.79 Å². The normalized spacial score (nSPS) is 13.9. The summed E-state index contributed by atoms with van der Waals surface area (Å²) in [5.41, 5.74) is 0. The highest BCUT2D eigenvalue weighted by molar-refractivity contribution is 6.32. The second-order valence-electron chi connectivity index (χ2n) is 3.78. The van der Waals surface area contributed by atoms with E-state index in [2.05, 4.69) is 5.32 Å². The predicted molar refractivity (Wildman–Crippen MR) is 66.2 cm³/mol. The fraction of sp³-hybridized carbons (Fsp3) is 0.417. The molecule has 0 heterocycles. The maximum absolute atomic E-state index is 11.6. The van der Waals surface area contributed by atoms with Crippen molar-refractivity contribution in [1.29, 1.82) is 0 Å². The Morgan fingerprint density at radius 2 is 2.12 bits per heavy atom. The number of aliphatic hydroxyl groups excluding tert-OH is 1. The Balaban J connectivity index is 2.51. The van der Waals surface area contributed by atoms with Crippen molar-refractivity contribution in [2.45, 2.75) is 26.1 Å². The lowest BCUT2D eigenvalue weighted by molar-refractivity contribution is -0.127. The number of carbonyl (C=O) groups is 1. The van der Waals surface area contributed by atoms with Crippen LogP contribution in [0.3, 0.4) is 0 Å². The molecule has 2 atom stereocenters. The standard InChI is InChI=1S/C12H16ClNO3/c1-8(15)7-14-12(16)9(2)17-11-6-4-3-5-10(11)13/h3-6,8-9,15H,7H2,1-2H3,(H,14,16)/t8-,9?/m1/s1. The van der Waals surface area contributed by atoms with Crippen molar-refractivity contribution >= 4 is 17.5 Å². The summed E-state index contributed by atoms with van der Waals surface area (Å²) in [5.74, 6) is 0.180. The van der Waals surface area contributed by atoms with E-state index in [1.807, 2.05) is 0 Å². The first-order chi connectivity index (χ1) is 8.00. The maximum Gasteiger partial charge on any atom is 0.260 e. The average Bonchev–Trinajstić information content (AvgIpc) is 2.28. The molecular weight excluding hydrogens is 242 g/mol. The Hall–Kier alpha value is -1.26. The van der Waals surface area contributed by atoms with Crippen molar-refractivity contribution < 1.29 is 14.6 Å². The minimum Gasteiger partial charge on any atom is -0.479 e. The second-order valence-corrected chi connectivity index (χ2v) is 4.19. The second kappa shape index (κ2) is 6.47. The van der Waals surface area contributed by atoms with Crippen LogP contribution in [0.2, 0.25) is 5.02 Å². The van der Waals surface area contributed by atoms with Gasteiger partial charge < -0.3 is 15.2 Å². The lowest BCUT2D eigenvalue weighted by atomic mass is 10.3. The van der Waals surface area contributed by atoms with Gasteiger partial charge in [-0.05, 0) is 26.0 Å². The number of benzene rings is 1. The van der Waals surface area contributed by atoms with Crippen LogP contribution in [0.25, 0.3) is 0 Å². The number of hydrogen-bond donors (Lipinski definition) is 2. The Morgan fingerprint density at radius 1 is 1.47 bits per heavy atom. The highest BCUT2D eigenvalue weighted by Gasteiger charge is 2.15. The van der Waals surface area contributed by atoms with Gasteiger partial charge in [-0.2, -0.15) is 0 Å². The van der Waals surface area contributed by atoms with E-state index >= 15 is 0 Å². The summed E-state index contributed by atoms with van der Waals surface area (Å²) >= 11 is 5.90. The smallest absolute Gasteiger partial charge is 0.260 e. The number of nitrogens with one attached hydrogen (secondary N) is 1. The average molecular weight is 258 g/mol. The van der Waals surface area contributed by atoms with E-state index in [-0.39, 0.29) is 12.5 Å². The quantitative estimate of drug-likeness (QED) is 0.843. The van der Waals surface area contributed by atoms with Crippen LogP contribution in [0.15, 0.2) is 24.3 Å². The van der Waals surface area contributed by atoms with Gasteiger partial charge >= 0.3 is 0 Å². The molecule has 1 unspecified atom stereocenters. The van der Waals surface area contributed by atoms with Crippen LogP contribution in [0.1, 0.15) is 13.8 Å². The summed E-state index contributed by atoms with van der Waals surface area (Å²) in [6, 6.07) is 6.95. The Labute approximate surface area is 106 Å². The van der Waals surface area contributed by atoms with Crippen LogP contribution in [-0.4, -0.2) is 29.8 Å². The van der Waals surface area contributed by atoms with Crippen LogP contribution in [0, 0.1) is 0 Å². The molecule has 94 valence electrons. The van der Waals surface area contributed by atoms with Crippen molar-refractivity contribution in [2.24, 2.45) is 0 Å². The van der Waals surface area contributed by atoms with Crippen LogP contribution in [0.4, 0.5) is 0 Å². The minimum atomic E-state index is -0.659. The molecule has 17 heavy (non-hydrogen) atoms. The van der Waals surface area contributed by atoms with Gasteiger partial charge in [-0.1, -0.05) is 23.7 Å². The maximum atomic E-state index is 11.6. The monoisotopic (exact) mass is 257 g/mol. The first-order valence-corrected chi connectivity index (χ1v) is 5.75. The zero-order chi connectivity index (χ0) is 12.8. The lowest BCUT2D eigenvalue weighted by Crippen LogP contribution is -2.39. The zero-order valence-corrected chi connectivity index (χ0v) is 10.6. The third kappa shape index (κ3) is 4.63. The molecule has 0 aliphatic heterocycles.